The third-order valence-corrected chi connectivity index (χ3v) is 1.87. The van der Waals surface area contributed by atoms with E-state index in [1.165, 1.54) is 0 Å². The summed E-state index contributed by atoms with van der Waals surface area (Å²) in [5.74, 6) is 0. The van der Waals surface area contributed by atoms with Gasteiger partial charge in [0, 0.05) is 6.42 Å². The molecular formula is C9H19F3N2. The smallest absolute Gasteiger partial charge is 0.330 e. The topological polar surface area (TPSA) is 38.0 Å². The fraction of sp³-hybridized carbons (Fsp3) is 1.00. The lowest BCUT2D eigenvalue weighted by molar-refractivity contribution is -0.135. The van der Waals surface area contributed by atoms with Crippen molar-refractivity contribution in [3.63, 3.8) is 0 Å². The largest absolute Gasteiger partial charge is 0.389 e. The first kappa shape index (κ1) is 13.7. The summed E-state index contributed by atoms with van der Waals surface area (Å²) in [6, 6.07) is 0. The molecule has 0 rings (SSSR count). The van der Waals surface area contributed by atoms with E-state index >= 15 is 0 Å². The first-order valence-corrected chi connectivity index (χ1v) is 5.04. The molecule has 2 nitrogen and oxygen atoms in total. The van der Waals surface area contributed by atoms with Crippen LogP contribution in [0.25, 0.3) is 0 Å². The van der Waals surface area contributed by atoms with Gasteiger partial charge in [-0.1, -0.05) is 0 Å². The van der Waals surface area contributed by atoms with E-state index in [9.17, 15) is 13.2 Å². The molecule has 0 aromatic heterocycles. The Morgan fingerprint density at radius 1 is 0.929 bits per heavy atom. The van der Waals surface area contributed by atoms with Gasteiger partial charge >= 0.3 is 6.18 Å². The quantitative estimate of drug-likeness (QED) is 0.604. The van der Waals surface area contributed by atoms with Crippen LogP contribution in [0.5, 0.6) is 0 Å². The van der Waals surface area contributed by atoms with E-state index in [0.29, 0.717) is 19.5 Å². The Hall–Kier alpha value is -0.290. The molecule has 0 aromatic carbocycles. The van der Waals surface area contributed by atoms with Gasteiger partial charge in [-0.25, -0.2) is 0 Å². The van der Waals surface area contributed by atoms with Crippen molar-refractivity contribution in [2.45, 2.75) is 38.3 Å². The van der Waals surface area contributed by atoms with E-state index in [0.717, 1.165) is 19.4 Å². The molecule has 0 bridgehead atoms. The van der Waals surface area contributed by atoms with Crippen LogP contribution < -0.4 is 11.1 Å². The average molecular weight is 212 g/mol. The molecule has 0 fully saturated rings. The Morgan fingerprint density at radius 3 is 2.00 bits per heavy atom. The number of nitrogens with one attached hydrogen (secondary N) is 1. The van der Waals surface area contributed by atoms with Gasteiger partial charge in [0.05, 0.1) is 0 Å². The van der Waals surface area contributed by atoms with E-state index < -0.39 is 12.6 Å². The number of hydrogen-bond acceptors (Lipinski definition) is 2. The van der Waals surface area contributed by atoms with Gasteiger partial charge in [-0.2, -0.15) is 13.2 Å². The molecule has 0 spiro atoms. The summed E-state index contributed by atoms with van der Waals surface area (Å²) >= 11 is 0. The molecular weight excluding hydrogens is 193 g/mol. The van der Waals surface area contributed by atoms with Gasteiger partial charge in [-0.3, -0.25) is 0 Å². The van der Waals surface area contributed by atoms with Crippen molar-refractivity contribution in [1.29, 1.82) is 0 Å². The van der Waals surface area contributed by atoms with Gasteiger partial charge in [-0.15, -0.1) is 0 Å². The van der Waals surface area contributed by atoms with Crippen molar-refractivity contribution >= 4 is 0 Å². The van der Waals surface area contributed by atoms with Gasteiger partial charge in [0.1, 0.15) is 0 Å². The zero-order chi connectivity index (χ0) is 10.9. The molecule has 0 radical (unpaired) electrons. The molecule has 0 aromatic rings. The second-order valence-electron chi connectivity index (χ2n) is 3.32. The summed E-state index contributed by atoms with van der Waals surface area (Å²) in [6.07, 6.45) is -1.90. The van der Waals surface area contributed by atoms with Gasteiger partial charge in [0.15, 0.2) is 0 Å². The molecule has 0 saturated heterocycles. The first-order valence-electron chi connectivity index (χ1n) is 5.04. The number of hydrogen-bond donors (Lipinski definition) is 2. The minimum absolute atomic E-state index is 0.216. The molecule has 0 aliphatic carbocycles. The molecule has 3 N–H and O–H groups in total. The number of unbranched alkanes of at least 4 members (excludes halogenated alkanes) is 2. The standard InChI is InChI=1S/C9H19F3N2/c10-9(11,12)5-1-3-7-14-8-4-2-6-13/h14H,1-8,13H2. The minimum atomic E-state index is -4.00. The Balaban J connectivity index is 2.99. The summed E-state index contributed by atoms with van der Waals surface area (Å²) in [6.45, 7) is 2.19. The molecule has 0 saturated carbocycles. The van der Waals surface area contributed by atoms with Crippen molar-refractivity contribution in [2.75, 3.05) is 19.6 Å². The predicted molar refractivity (Wildman–Crippen MR) is 51.1 cm³/mol. The number of halogens is 3. The van der Waals surface area contributed by atoms with Crippen molar-refractivity contribution in [3.8, 4) is 0 Å². The maximum absolute atomic E-state index is 11.7. The minimum Gasteiger partial charge on any atom is -0.330 e. The highest BCUT2D eigenvalue weighted by molar-refractivity contribution is 4.54. The predicted octanol–water partition coefficient (Wildman–Crippen LogP) is 2.05. The molecule has 0 aliphatic heterocycles. The van der Waals surface area contributed by atoms with Gasteiger partial charge in [0.2, 0.25) is 0 Å². The molecule has 0 atom stereocenters. The summed E-state index contributed by atoms with van der Waals surface area (Å²) in [5, 5.41) is 3.08. The second kappa shape index (κ2) is 8.05. The number of alkyl halides is 3. The zero-order valence-electron chi connectivity index (χ0n) is 8.37. The third-order valence-electron chi connectivity index (χ3n) is 1.87. The van der Waals surface area contributed by atoms with Crippen LogP contribution in [-0.4, -0.2) is 25.8 Å². The van der Waals surface area contributed by atoms with Crippen LogP contribution >= 0.6 is 0 Å². The van der Waals surface area contributed by atoms with E-state index in [1.54, 1.807) is 0 Å². The molecule has 14 heavy (non-hydrogen) atoms. The van der Waals surface area contributed by atoms with Crippen LogP contribution in [0.15, 0.2) is 0 Å². The van der Waals surface area contributed by atoms with Crippen molar-refractivity contribution in [3.05, 3.63) is 0 Å². The van der Waals surface area contributed by atoms with Crippen molar-refractivity contribution < 1.29 is 13.2 Å². The lowest BCUT2D eigenvalue weighted by Crippen LogP contribution is -2.18. The Bertz CT molecular complexity index is 126. The molecule has 86 valence electrons. The van der Waals surface area contributed by atoms with E-state index in [2.05, 4.69) is 5.32 Å². The number of nitrogens with two attached hydrogens (primary N) is 1. The molecule has 0 unspecified atom stereocenters. The lowest BCUT2D eigenvalue weighted by Gasteiger charge is -2.06. The maximum atomic E-state index is 11.7. The molecule has 0 amide bonds. The third kappa shape index (κ3) is 11.7. The average Bonchev–Trinajstić information content (AvgIpc) is 2.08. The van der Waals surface area contributed by atoms with Crippen molar-refractivity contribution in [2.24, 2.45) is 5.73 Å². The second-order valence-corrected chi connectivity index (χ2v) is 3.32. The maximum Gasteiger partial charge on any atom is 0.389 e. The fourth-order valence-electron chi connectivity index (χ4n) is 1.09. The highest BCUT2D eigenvalue weighted by atomic mass is 19.4. The highest BCUT2D eigenvalue weighted by Crippen LogP contribution is 2.21. The van der Waals surface area contributed by atoms with Crippen LogP contribution in [0.1, 0.15) is 32.1 Å². The summed E-state index contributed by atoms with van der Waals surface area (Å²) < 4.78 is 35.1. The SMILES string of the molecule is NCCCCNCCCCC(F)(F)F. The summed E-state index contributed by atoms with van der Waals surface area (Å²) in [7, 11) is 0. The normalized spacial score (nSPS) is 12.0. The summed E-state index contributed by atoms with van der Waals surface area (Å²) in [4.78, 5) is 0. The number of rotatable bonds is 8. The highest BCUT2D eigenvalue weighted by Gasteiger charge is 2.25. The van der Waals surface area contributed by atoms with E-state index in [-0.39, 0.29) is 6.42 Å². The van der Waals surface area contributed by atoms with Crippen LogP contribution in [-0.2, 0) is 0 Å². The first-order chi connectivity index (χ1) is 6.56. The van der Waals surface area contributed by atoms with Gasteiger partial charge in [0.25, 0.3) is 0 Å². The van der Waals surface area contributed by atoms with Gasteiger partial charge < -0.3 is 11.1 Å². The molecule has 5 heteroatoms. The van der Waals surface area contributed by atoms with E-state index in [4.69, 9.17) is 5.73 Å². The fourth-order valence-corrected chi connectivity index (χ4v) is 1.09. The Kier molecular flexibility index (Phi) is 7.89. The lowest BCUT2D eigenvalue weighted by atomic mass is 10.2. The Morgan fingerprint density at radius 2 is 1.50 bits per heavy atom. The Labute approximate surface area is 83.0 Å². The zero-order valence-corrected chi connectivity index (χ0v) is 8.37. The monoisotopic (exact) mass is 212 g/mol. The van der Waals surface area contributed by atoms with Crippen LogP contribution in [0.2, 0.25) is 0 Å². The van der Waals surface area contributed by atoms with Crippen LogP contribution in [0, 0.1) is 0 Å². The van der Waals surface area contributed by atoms with E-state index in [1.807, 2.05) is 0 Å². The van der Waals surface area contributed by atoms with Crippen LogP contribution in [0.4, 0.5) is 13.2 Å². The van der Waals surface area contributed by atoms with Gasteiger partial charge in [-0.05, 0) is 45.3 Å². The summed E-state index contributed by atoms with van der Waals surface area (Å²) in [5.41, 5.74) is 5.29. The molecule has 0 aliphatic rings. The van der Waals surface area contributed by atoms with Crippen molar-refractivity contribution in [1.82, 2.24) is 5.32 Å². The molecule has 0 heterocycles. The van der Waals surface area contributed by atoms with Crippen LogP contribution in [0.3, 0.4) is 0 Å².